The SMILES string of the molecule is CC(C)(C)c1nc(-c2cccc(N3CCCC3=O)c2)cn1CC1CCOCC1. The predicted molar refractivity (Wildman–Crippen MR) is 111 cm³/mol. The third-order valence-electron chi connectivity index (χ3n) is 5.77. The molecule has 2 fully saturated rings. The minimum Gasteiger partial charge on any atom is -0.381 e. The van der Waals surface area contributed by atoms with Crippen molar-refractivity contribution in [3.63, 3.8) is 0 Å². The summed E-state index contributed by atoms with van der Waals surface area (Å²) in [7, 11) is 0. The number of anilines is 1. The first kappa shape index (κ1) is 19.2. The van der Waals surface area contributed by atoms with Crippen molar-refractivity contribution in [2.75, 3.05) is 24.7 Å². The van der Waals surface area contributed by atoms with Crippen molar-refractivity contribution in [1.29, 1.82) is 0 Å². The third-order valence-corrected chi connectivity index (χ3v) is 5.77. The Kier molecular flexibility index (Phi) is 5.28. The molecular weight excluding hydrogens is 350 g/mol. The van der Waals surface area contributed by atoms with E-state index in [-0.39, 0.29) is 11.3 Å². The predicted octanol–water partition coefficient (Wildman–Crippen LogP) is 4.40. The minimum absolute atomic E-state index is 0.0219. The first-order valence-corrected chi connectivity index (χ1v) is 10.5. The molecule has 3 heterocycles. The van der Waals surface area contributed by atoms with Crippen molar-refractivity contribution < 1.29 is 9.53 Å². The van der Waals surface area contributed by atoms with Crippen molar-refractivity contribution in [3.05, 3.63) is 36.3 Å². The summed E-state index contributed by atoms with van der Waals surface area (Å²) in [6.07, 6.45) is 6.02. The normalized spacial score (nSPS) is 18.8. The summed E-state index contributed by atoms with van der Waals surface area (Å²) in [6.45, 7) is 10.2. The van der Waals surface area contributed by atoms with E-state index in [1.807, 2.05) is 17.0 Å². The first-order valence-electron chi connectivity index (χ1n) is 10.5. The van der Waals surface area contributed by atoms with Crippen molar-refractivity contribution >= 4 is 11.6 Å². The second kappa shape index (κ2) is 7.70. The van der Waals surface area contributed by atoms with Gasteiger partial charge in [0.05, 0.1) is 5.69 Å². The maximum Gasteiger partial charge on any atom is 0.227 e. The first-order chi connectivity index (χ1) is 13.4. The largest absolute Gasteiger partial charge is 0.381 e. The van der Waals surface area contributed by atoms with Gasteiger partial charge in [0.15, 0.2) is 0 Å². The molecule has 0 N–H and O–H groups in total. The van der Waals surface area contributed by atoms with E-state index in [0.717, 1.165) is 68.3 Å². The molecule has 28 heavy (non-hydrogen) atoms. The molecule has 2 aliphatic heterocycles. The van der Waals surface area contributed by atoms with Crippen LogP contribution in [0.1, 0.15) is 52.3 Å². The number of ether oxygens (including phenoxy) is 1. The van der Waals surface area contributed by atoms with Crippen LogP contribution in [0.2, 0.25) is 0 Å². The summed E-state index contributed by atoms with van der Waals surface area (Å²) in [4.78, 5) is 19.1. The Morgan fingerprint density at radius 3 is 2.68 bits per heavy atom. The Balaban J connectivity index is 1.65. The third kappa shape index (κ3) is 4.00. The van der Waals surface area contributed by atoms with Crippen LogP contribution in [0.4, 0.5) is 5.69 Å². The Labute approximate surface area is 167 Å². The molecule has 1 aromatic heterocycles. The summed E-state index contributed by atoms with van der Waals surface area (Å²) < 4.78 is 7.87. The highest BCUT2D eigenvalue weighted by Crippen LogP contribution is 2.31. The van der Waals surface area contributed by atoms with Crippen molar-refractivity contribution in [3.8, 4) is 11.3 Å². The van der Waals surface area contributed by atoms with Gasteiger partial charge in [-0.25, -0.2) is 4.98 Å². The minimum atomic E-state index is -0.0219. The smallest absolute Gasteiger partial charge is 0.227 e. The molecule has 2 aliphatic rings. The number of benzene rings is 1. The standard InChI is InChI=1S/C23H31N3O2/c1-23(2,3)22-24-20(16-25(22)15-17-9-12-28-13-10-17)18-6-4-7-19(14-18)26-11-5-8-21(26)27/h4,6-7,14,16-17H,5,8-13,15H2,1-3H3. The number of nitrogens with zero attached hydrogens (tertiary/aromatic N) is 3. The van der Waals surface area contributed by atoms with E-state index in [4.69, 9.17) is 9.72 Å². The monoisotopic (exact) mass is 381 g/mol. The molecule has 0 radical (unpaired) electrons. The number of rotatable bonds is 4. The average molecular weight is 382 g/mol. The van der Waals surface area contributed by atoms with E-state index in [1.54, 1.807) is 0 Å². The topological polar surface area (TPSA) is 47.4 Å². The molecule has 0 unspecified atom stereocenters. The quantitative estimate of drug-likeness (QED) is 0.789. The van der Waals surface area contributed by atoms with Crippen LogP contribution in [-0.2, 0) is 21.5 Å². The molecule has 1 amide bonds. The van der Waals surface area contributed by atoms with E-state index in [9.17, 15) is 4.79 Å². The molecule has 0 bridgehead atoms. The number of hydrogen-bond donors (Lipinski definition) is 0. The zero-order valence-electron chi connectivity index (χ0n) is 17.3. The maximum absolute atomic E-state index is 12.1. The Hall–Kier alpha value is -2.14. The Bertz CT molecular complexity index is 844. The lowest BCUT2D eigenvalue weighted by molar-refractivity contribution is -0.117. The van der Waals surface area contributed by atoms with E-state index in [0.29, 0.717) is 12.3 Å². The zero-order chi connectivity index (χ0) is 19.7. The number of aromatic nitrogens is 2. The molecule has 4 rings (SSSR count). The second-order valence-electron chi connectivity index (χ2n) is 9.11. The molecule has 0 aliphatic carbocycles. The highest BCUT2D eigenvalue weighted by atomic mass is 16.5. The molecular formula is C23H31N3O2. The van der Waals surface area contributed by atoms with Crippen LogP contribution < -0.4 is 4.90 Å². The van der Waals surface area contributed by atoms with Gasteiger partial charge in [-0.3, -0.25) is 4.79 Å². The molecule has 150 valence electrons. The van der Waals surface area contributed by atoms with Crippen LogP contribution >= 0.6 is 0 Å². The van der Waals surface area contributed by atoms with Gasteiger partial charge in [0, 0.05) is 55.6 Å². The Morgan fingerprint density at radius 2 is 2.00 bits per heavy atom. The van der Waals surface area contributed by atoms with Gasteiger partial charge in [0.1, 0.15) is 5.82 Å². The van der Waals surface area contributed by atoms with Gasteiger partial charge >= 0.3 is 0 Å². The van der Waals surface area contributed by atoms with Gasteiger partial charge in [-0.15, -0.1) is 0 Å². The van der Waals surface area contributed by atoms with Gasteiger partial charge in [-0.05, 0) is 37.3 Å². The van der Waals surface area contributed by atoms with Gasteiger partial charge in [-0.2, -0.15) is 0 Å². The van der Waals surface area contributed by atoms with Crippen LogP contribution in [-0.4, -0.2) is 35.2 Å². The van der Waals surface area contributed by atoms with Crippen LogP contribution in [0.25, 0.3) is 11.3 Å². The number of imidazole rings is 1. The zero-order valence-corrected chi connectivity index (χ0v) is 17.3. The highest BCUT2D eigenvalue weighted by Gasteiger charge is 2.26. The molecule has 5 heteroatoms. The molecule has 0 spiro atoms. The van der Waals surface area contributed by atoms with Gasteiger partial charge < -0.3 is 14.2 Å². The summed E-state index contributed by atoms with van der Waals surface area (Å²) in [5.41, 5.74) is 3.03. The maximum atomic E-state index is 12.1. The lowest BCUT2D eigenvalue weighted by atomic mass is 9.94. The van der Waals surface area contributed by atoms with Crippen LogP contribution in [0, 0.1) is 5.92 Å². The second-order valence-corrected chi connectivity index (χ2v) is 9.11. The van der Waals surface area contributed by atoms with E-state index in [2.05, 4.69) is 43.7 Å². The van der Waals surface area contributed by atoms with E-state index in [1.165, 1.54) is 0 Å². The van der Waals surface area contributed by atoms with Gasteiger partial charge in [0.2, 0.25) is 5.91 Å². The van der Waals surface area contributed by atoms with Gasteiger partial charge in [-0.1, -0.05) is 32.9 Å². The molecule has 2 saturated heterocycles. The number of amides is 1. The highest BCUT2D eigenvalue weighted by molar-refractivity contribution is 5.95. The van der Waals surface area contributed by atoms with Crippen LogP contribution in [0.15, 0.2) is 30.5 Å². The van der Waals surface area contributed by atoms with E-state index < -0.39 is 0 Å². The van der Waals surface area contributed by atoms with Crippen LogP contribution in [0.3, 0.4) is 0 Å². The van der Waals surface area contributed by atoms with Gasteiger partial charge in [0.25, 0.3) is 0 Å². The molecule has 0 atom stereocenters. The summed E-state index contributed by atoms with van der Waals surface area (Å²) in [5, 5.41) is 0. The molecule has 5 nitrogen and oxygen atoms in total. The van der Waals surface area contributed by atoms with Crippen molar-refractivity contribution in [2.45, 2.75) is 58.4 Å². The lowest BCUT2D eigenvalue weighted by Crippen LogP contribution is -2.24. The van der Waals surface area contributed by atoms with Crippen molar-refractivity contribution in [1.82, 2.24) is 9.55 Å². The molecule has 2 aromatic rings. The van der Waals surface area contributed by atoms with E-state index >= 15 is 0 Å². The average Bonchev–Trinajstić information content (AvgIpc) is 3.29. The number of carbonyl (C=O) groups excluding carboxylic acids is 1. The summed E-state index contributed by atoms with van der Waals surface area (Å²) >= 11 is 0. The molecule has 0 saturated carbocycles. The van der Waals surface area contributed by atoms with Crippen LogP contribution in [0.5, 0.6) is 0 Å². The summed E-state index contributed by atoms with van der Waals surface area (Å²) in [6, 6.07) is 8.26. The fraction of sp³-hybridized carbons (Fsp3) is 0.565. The Morgan fingerprint density at radius 1 is 1.21 bits per heavy atom. The summed E-state index contributed by atoms with van der Waals surface area (Å²) in [5.74, 6) is 1.99. The fourth-order valence-corrected chi connectivity index (χ4v) is 4.25. The number of hydrogen-bond acceptors (Lipinski definition) is 3. The molecule has 1 aromatic carbocycles. The lowest BCUT2D eigenvalue weighted by Gasteiger charge is -2.25. The number of carbonyl (C=O) groups is 1. The fourth-order valence-electron chi connectivity index (χ4n) is 4.25. The van der Waals surface area contributed by atoms with Crippen molar-refractivity contribution in [2.24, 2.45) is 5.92 Å².